The normalized spacial score (nSPS) is 11.1. The van der Waals surface area contributed by atoms with E-state index in [0.717, 1.165) is 28.0 Å². The van der Waals surface area contributed by atoms with Gasteiger partial charge in [0, 0.05) is 23.5 Å². The second-order valence-corrected chi connectivity index (χ2v) is 6.20. The summed E-state index contributed by atoms with van der Waals surface area (Å²) in [5.41, 5.74) is 9.64. The molecule has 0 bridgehead atoms. The molecule has 0 aliphatic carbocycles. The predicted molar refractivity (Wildman–Crippen MR) is 92.0 cm³/mol. The highest BCUT2D eigenvalue weighted by molar-refractivity contribution is 5.82. The first-order valence-corrected chi connectivity index (χ1v) is 7.22. The van der Waals surface area contributed by atoms with Gasteiger partial charge in [-0.1, -0.05) is 6.07 Å². The number of aryl methyl sites for hydroxylation is 1. The average molecular weight is 311 g/mol. The molecule has 0 saturated heterocycles. The van der Waals surface area contributed by atoms with E-state index in [1.165, 1.54) is 0 Å². The van der Waals surface area contributed by atoms with Crippen molar-refractivity contribution in [2.45, 2.75) is 33.2 Å². The molecule has 6 heteroatoms. The van der Waals surface area contributed by atoms with Crippen LogP contribution in [0.25, 0.3) is 22.2 Å². The molecule has 0 unspecified atom stereocenters. The van der Waals surface area contributed by atoms with E-state index in [9.17, 15) is 0 Å². The summed E-state index contributed by atoms with van der Waals surface area (Å²) in [7, 11) is 0. The zero-order valence-corrected chi connectivity index (χ0v) is 13.9. The summed E-state index contributed by atoms with van der Waals surface area (Å²) in [6.07, 6.45) is 3.47. The summed E-state index contributed by atoms with van der Waals surface area (Å²) >= 11 is 0. The summed E-state index contributed by atoms with van der Waals surface area (Å²) in [6, 6.07) is 6.24. The first-order chi connectivity index (χ1) is 10.9. The van der Waals surface area contributed by atoms with Crippen LogP contribution in [0.1, 0.15) is 26.6 Å². The molecule has 0 fully saturated rings. The van der Waals surface area contributed by atoms with Crippen LogP contribution in [0.5, 0.6) is 0 Å². The molecule has 0 amide bonds. The van der Waals surface area contributed by atoms with Crippen molar-refractivity contribution in [2.24, 2.45) is 0 Å². The van der Waals surface area contributed by atoms with E-state index in [-0.39, 0.29) is 11.5 Å². The van der Waals surface area contributed by atoms with Crippen molar-refractivity contribution in [1.29, 1.82) is 0 Å². The Kier molecular flexibility index (Phi) is 4.45. The van der Waals surface area contributed by atoms with Crippen LogP contribution < -0.4 is 5.73 Å². The predicted octanol–water partition coefficient (Wildman–Crippen LogP) is 2.95. The number of fused-ring (bicyclic) bond motifs is 1. The van der Waals surface area contributed by atoms with E-state index >= 15 is 0 Å². The van der Waals surface area contributed by atoms with Crippen molar-refractivity contribution in [3.8, 4) is 11.1 Å². The number of hydrogen-bond acceptors (Lipinski definition) is 5. The quantitative estimate of drug-likeness (QED) is 0.746. The number of carbonyl (C=O) groups is 1. The van der Waals surface area contributed by atoms with Gasteiger partial charge in [0.15, 0.2) is 0 Å². The zero-order chi connectivity index (χ0) is 17.2. The highest BCUT2D eigenvalue weighted by Crippen LogP contribution is 2.28. The minimum Gasteiger partial charge on any atom is -0.368 e. The second-order valence-electron chi connectivity index (χ2n) is 6.20. The topological polar surface area (TPSA) is 86.7 Å². The van der Waals surface area contributed by atoms with Gasteiger partial charge in [0.1, 0.15) is 12.6 Å². The Morgan fingerprint density at radius 2 is 1.70 bits per heavy atom. The van der Waals surface area contributed by atoms with Crippen LogP contribution in [0, 0.1) is 6.92 Å². The Morgan fingerprint density at radius 1 is 1.09 bits per heavy atom. The van der Waals surface area contributed by atoms with Crippen molar-refractivity contribution < 1.29 is 4.79 Å². The Morgan fingerprint density at radius 3 is 2.26 bits per heavy atom. The summed E-state index contributed by atoms with van der Waals surface area (Å²) in [5, 5.41) is 0. The number of imidazole rings is 1. The van der Waals surface area contributed by atoms with Crippen molar-refractivity contribution in [3.63, 3.8) is 0 Å². The van der Waals surface area contributed by atoms with Gasteiger partial charge in [0.05, 0.1) is 11.0 Å². The molecule has 6 nitrogen and oxygen atoms in total. The van der Waals surface area contributed by atoms with E-state index in [0.29, 0.717) is 0 Å². The number of benzene rings is 1. The molecule has 120 valence electrons. The highest BCUT2D eigenvalue weighted by atomic mass is 16.1. The van der Waals surface area contributed by atoms with Crippen LogP contribution in [0.2, 0.25) is 0 Å². The van der Waals surface area contributed by atoms with E-state index in [1.807, 2.05) is 13.7 Å². The summed E-state index contributed by atoms with van der Waals surface area (Å²) in [5.74, 6) is 1.30. The molecule has 2 aromatic heterocycles. The molecule has 23 heavy (non-hydrogen) atoms. The minimum atomic E-state index is 0.00462. The molecule has 0 aliphatic heterocycles. The summed E-state index contributed by atoms with van der Waals surface area (Å²) < 4.78 is 2.26. The van der Waals surface area contributed by atoms with Crippen molar-refractivity contribution in [2.75, 3.05) is 5.73 Å². The molecule has 1 aromatic carbocycles. The molecule has 0 saturated carbocycles. The van der Waals surface area contributed by atoms with Crippen LogP contribution >= 0.6 is 0 Å². The largest absolute Gasteiger partial charge is 0.368 e. The van der Waals surface area contributed by atoms with E-state index in [1.54, 1.807) is 12.4 Å². The fourth-order valence-corrected chi connectivity index (χ4v) is 2.71. The lowest BCUT2D eigenvalue weighted by molar-refractivity contribution is -0.0979. The maximum Gasteiger partial charge on any atom is 0.219 e. The second kappa shape index (κ2) is 6.16. The number of nitrogen functional groups attached to an aromatic ring is 1. The first kappa shape index (κ1) is 16.6. The molecule has 2 heterocycles. The Labute approximate surface area is 135 Å². The third-order valence-electron chi connectivity index (χ3n) is 3.50. The molecule has 3 rings (SSSR count). The third-order valence-corrected chi connectivity index (χ3v) is 3.50. The summed E-state index contributed by atoms with van der Waals surface area (Å²) in [4.78, 5) is 20.8. The lowest BCUT2D eigenvalue weighted by Crippen LogP contribution is -2.22. The molecular weight excluding hydrogens is 290 g/mol. The van der Waals surface area contributed by atoms with Crippen LogP contribution in [0.3, 0.4) is 0 Å². The van der Waals surface area contributed by atoms with Gasteiger partial charge < -0.3 is 15.1 Å². The van der Waals surface area contributed by atoms with Crippen LogP contribution in [-0.2, 0) is 10.3 Å². The Hall–Kier alpha value is -2.76. The maximum absolute atomic E-state index is 8.00. The highest BCUT2D eigenvalue weighted by Gasteiger charge is 2.19. The van der Waals surface area contributed by atoms with Gasteiger partial charge in [-0.2, -0.15) is 0 Å². The van der Waals surface area contributed by atoms with Gasteiger partial charge in [-0.05, 0) is 45.4 Å². The molecule has 3 aromatic rings. The average Bonchev–Trinajstić information content (AvgIpc) is 2.85. The van der Waals surface area contributed by atoms with E-state index in [2.05, 4.69) is 58.5 Å². The fourth-order valence-electron chi connectivity index (χ4n) is 2.71. The summed E-state index contributed by atoms with van der Waals surface area (Å²) in [6.45, 7) is 10.6. The molecule has 0 atom stereocenters. The SMILES string of the molecule is C=O.Cc1nc2cc(-c3cnc(N)nc3)ccc2n1C(C)(C)C. The number of aromatic nitrogens is 4. The molecule has 0 aliphatic rings. The maximum atomic E-state index is 8.00. The molecule has 2 N–H and O–H groups in total. The van der Waals surface area contributed by atoms with Gasteiger partial charge >= 0.3 is 0 Å². The number of anilines is 1. The third kappa shape index (κ3) is 3.21. The van der Waals surface area contributed by atoms with Crippen molar-refractivity contribution >= 4 is 23.8 Å². The molecular formula is C17H21N5O. The molecule has 0 spiro atoms. The van der Waals surface area contributed by atoms with Gasteiger partial charge in [0.2, 0.25) is 5.95 Å². The number of hydrogen-bond donors (Lipinski definition) is 1. The number of carbonyl (C=O) groups excluding carboxylic acids is 1. The minimum absolute atomic E-state index is 0.00462. The van der Waals surface area contributed by atoms with Gasteiger partial charge in [-0.3, -0.25) is 0 Å². The van der Waals surface area contributed by atoms with E-state index < -0.39 is 0 Å². The molecule has 0 radical (unpaired) electrons. The number of nitrogens with two attached hydrogens (primary N) is 1. The smallest absolute Gasteiger partial charge is 0.219 e. The van der Waals surface area contributed by atoms with E-state index in [4.69, 9.17) is 10.5 Å². The lowest BCUT2D eigenvalue weighted by Gasteiger charge is -2.23. The Bertz CT molecular complexity index is 815. The van der Waals surface area contributed by atoms with Crippen LogP contribution in [0.4, 0.5) is 5.95 Å². The zero-order valence-electron chi connectivity index (χ0n) is 13.9. The lowest BCUT2D eigenvalue weighted by atomic mass is 10.1. The van der Waals surface area contributed by atoms with Crippen molar-refractivity contribution in [1.82, 2.24) is 19.5 Å². The van der Waals surface area contributed by atoms with Crippen molar-refractivity contribution in [3.05, 3.63) is 36.4 Å². The van der Waals surface area contributed by atoms with Gasteiger partial charge in [-0.25, -0.2) is 15.0 Å². The van der Waals surface area contributed by atoms with Crippen LogP contribution in [0.15, 0.2) is 30.6 Å². The number of nitrogens with zero attached hydrogens (tertiary/aromatic N) is 4. The van der Waals surface area contributed by atoms with Gasteiger partial charge in [0.25, 0.3) is 0 Å². The number of rotatable bonds is 1. The van der Waals surface area contributed by atoms with Crippen LogP contribution in [-0.4, -0.2) is 26.3 Å². The Balaban J connectivity index is 0.000000924. The first-order valence-electron chi connectivity index (χ1n) is 7.22. The standard InChI is InChI=1S/C16H19N5.CH2O/c1-10-20-13-7-11(12-8-18-15(17)19-9-12)5-6-14(13)21(10)16(2,3)4;1-2/h5-9H,1-4H3,(H2,17,18,19);1H2. The van der Waals surface area contributed by atoms with Gasteiger partial charge in [-0.15, -0.1) is 0 Å². The monoisotopic (exact) mass is 311 g/mol. The fraction of sp³-hybridized carbons (Fsp3) is 0.294.